The molecule has 0 heterocycles. The minimum atomic E-state index is 0.459. The van der Waals surface area contributed by atoms with E-state index in [4.69, 9.17) is 5.90 Å². The highest BCUT2D eigenvalue weighted by Gasteiger charge is 2.01. The van der Waals surface area contributed by atoms with Gasteiger partial charge in [0.05, 0.1) is 6.61 Å². The molecule has 0 fully saturated rings. The van der Waals surface area contributed by atoms with E-state index >= 15 is 0 Å². The maximum atomic E-state index is 5.01. The summed E-state index contributed by atoms with van der Waals surface area (Å²) < 4.78 is 0. The zero-order valence-electron chi connectivity index (χ0n) is 8.37. The van der Waals surface area contributed by atoms with Crippen molar-refractivity contribution in [2.24, 2.45) is 5.90 Å². The molecule has 0 atom stereocenters. The molecule has 72 valence electrons. The molecule has 1 aromatic carbocycles. The van der Waals surface area contributed by atoms with Crippen LogP contribution in [0.5, 0.6) is 0 Å². The molecule has 0 radical (unpaired) electrons. The van der Waals surface area contributed by atoms with E-state index in [1.54, 1.807) is 0 Å². The fraction of sp³-hybridized carbons (Fsp3) is 0.400. The minimum absolute atomic E-state index is 0.459. The van der Waals surface area contributed by atoms with Crippen LogP contribution >= 0.6 is 0 Å². The van der Waals surface area contributed by atoms with Crippen molar-refractivity contribution in [3.63, 3.8) is 0 Å². The Labute approximate surface area is 79.1 Å². The molecule has 0 aliphatic heterocycles. The molecule has 0 amide bonds. The highest BCUT2D eigenvalue weighted by molar-refractivity contribution is 5.53. The number of hydrogen-bond acceptors (Lipinski definition) is 3. The van der Waals surface area contributed by atoms with Crippen LogP contribution in [0, 0.1) is 6.92 Å². The minimum Gasteiger partial charge on any atom is -0.377 e. The Bertz CT molecular complexity index is 284. The number of hydrogen-bond donors (Lipinski definition) is 1. The van der Waals surface area contributed by atoms with Gasteiger partial charge in [0.15, 0.2) is 0 Å². The van der Waals surface area contributed by atoms with Crippen LogP contribution in [0.25, 0.3) is 0 Å². The van der Waals surface area contributed by atoms with E-state index in [0.717, 1.165) is 5.56 Å². The normalized spacial score (nSPS) is 10.2. The molecule has 0 spiro atoms. The average molecular weight is 180 g/mol. The second-order valence-electron chi connectivity index (χ2n) is 3.33. The van der Waals surface area contributed by atoms with Crippen molar-refractivity contribution >= 4 is 5.69 Å². The van der Waals surface area contributed by atoms with Gasteiger partial charge in [-0.1, -0.05) is 12.1 Å². The molecule has 1 rings (SSSR count). The second-order valence-corrected chi connectivity index (χ2v) is 3.33. The van der Waals surface area contributed by atoms with Crippen molar-refractivity contribution in [3.8, 4) is 0 Å². The van der Waals surface area contributed by atoms with Gasteiger partial charge >= 0.3 is 0 Å². The predicted octanol–water partition coefficient (Wildman–Crippen LogP) is 1.45. The van der Waals surface area contributed by atoms with Crippen LogP contribution in [-0.4, -0.2) is 14.1 Å². The monoisotopic (exact) mass is 180 g/mol. The number of benzene rings is 1. The van der Waals surface area contributed by atoms with E-state index in [1.807, 2.05) is 20.2 Å². The lowest BCUT2D eigenvalue weighted by molar-refractivity contribution is 0.124. The van der Waals surface area contributed by atoms with Gasteiger partial charge in [0.25, 0.3) is 0 Å². The molecule has 2 N–H and O–H groups in total. The molecule has 0 bridgehead atoms. The van der Waals surface area contributed by atoms with Crippen molar-refractivity contribution in [2.45, 2.75) is 13.5 Å². The first-order chi connectivity index (χ1) is 6.15. The lowest BCUT2D eigenvalue weighted by Gasteiger charge is -2.16. The van der Waals surface area contributed by atoms with Gasteiger partial charge in [-0.2, -0.15) is 0 Å². The van der Waals surface area contributed by atoms with E-state index in [1.165, 1.54) is 11.3 Å². The number of nitrogens with zero attached hydrogens (tertiary/aromatic N) is 1. The number of nitrogens with two attached hydrogens (primary N) is 1. The van der Waals surface area contributed by atoms with Crippen LogP contribution in [-0.2, 0) is 11.4 Å². The van der Waals surface area contributed by atoms with Gasteiger partial charge in [0, 0.05) is 19.8 Å². The first kappa shape index (κ1) is 10.0. The zero-order chi connectivity index (χ0) is 9.84. The summed E-state index contributed by atoms with van der Waals surface area (Å²) in [7, 11) is 4.05. The summed E-state index contributed by atoms with van der Waals surface area (Å²) in [5, 5.41) is 0. The summed E-state index contributed by atoms with van der Waals surface area (Å²) in [5.41, 5.74) is 3.55. The molecule has 0 saturated carbocycles. The first-order valence-electron chi connectivity index (χ1n) is 4.23. The third kappa shape index (κ3) is 2.44. The summed E-state index contributed by atoms with van der Waals surface area (Å²) in [6.07, 6.45) is 0. The van der Waals surface area contributed by atoms with Gasteiger partial charge in [0.1, 0.15) is 0 Å². The van der Waals surface area contributed by atoms with Crippen molar-refractivity contribution in [2.75, 3.05) is 19.0 Å². The van der Waals surface area contributed by atoms with Crippen LogP contribution in [0.2, 0.25) is 0 Å². The maximum absolute atomic E-state index is 5.01. The second kappa shape index (κ2) is 4.25. The fourth-order valence-electron chi connectivity index (χ4n) is 1.32. The predicted molar refractivity (Wildman–Crippen MR) is 54.5 cm³/mol. The van der Waals surface area contributed by atoms with E-state index in [2.05, 4.69) is 28.8 Å². The molecular weight excluding hydrogens is 164 g/mol. The van der Waals surface area contributed by atoms with E-state index < -0.39 is 0 Å². The smallest absolute Gasteiger partial charge is 0.0930 e. The number of rotatable bonds is 3. The van der Waals surface area contributed by atoms with Crippen molar-refractivity contribution < 1.29 is 4.84 Å². The first-order valence-corrected chi connectivity index (χ1v) is 4.23. The van der Waals surface area contributed by atoms with Gasteiger partial charge in [-0.05, 0) is 24.1 Å². The maximum Gasteiger partial charge on any atom is 0.0930 e. The summed E-state index contributed by atoms with van der Waals surface area (Å²) in [6.45, 7) is 2.55. The van der Waals surface area contributed by atoms with Crippen molar-refractivity contribution in [3.05, 3.63) is 29.3 Å². The molecule has 0 aliphatic carbocycles. The highest BCUT2D eigenvalue weighted by Crippen LogP contribution is 2.19. The Kier molecular flexibility index (Phi) is 3.28. The number of anilines is 1. The van der Waals surface area contributed by atoms with Crippen molar-refractivity contribution in [1.82, 2.24) is 0 Å². The zero-order valence-corrected chi connectivity index (χ0v) is 8.37. The van der Waals surface area contributed by atoms with Crippen molar-refractivity contribution in [1.29, 1.82) is 0 Å². The van der Waals surface area contributed by atoms with Crippen LogP contribution in [0.4, 0.5) is 5.69 Å². The molecule has 0 aromatic heterocycles. The Morgan fingerprint density at radius 1 is 1.38 bits per heavy atom. The molecule has 0 saturated heterocycles. The third-order valence-electron chi connectivity index (χ3n) is 2.01. The molecule has 3 heteroatoms. The Balaban J connectivity index is 2.97. The summed E-state index contributed by atoms with van der Waals surface area (Å²) >= 11 is 0. The SMILES string of the molecule is Cc1ccc(CON)cc1N(C)C. The molecule has 13 heavy (non-hydrogen) atoms. The third-order valence-corrected chi connectivity index (χ3v) is 2.01. The summed E-state index contributed by atoms with van der Waals surface area (Å²) in [4.78, 5) is 6.66. The van der Waals surface area contributed by atoms with E-state index in [-0.39, 0.29) is 0 Å². The van der Waals surface area contributed by atoms with E-state index in [0.29, 0.717) is 6.61 Å². The van der Waals surface area contributed by atoms with E-state index in [9.17, 15) is 0 Å². The lowest BCUT2D eigenvalue weighted by Crippen LogP contribution is -2.11. The van der Waals surface area contributed by atoms with Gasteiger partial charge in [0.2, 0.25) is 0 Å². The summed E-state index contributed by atoms with van der Waals surface area (Å²) in [5.74, 6) is 5.01. The van der Waals surface area contributed by atoms with Crippen LogP contribution < -0.4 is 10.8 Å². The van der Waals surface area contributed by atoms with Gasteiger partial charge < -0.3 is 4.90 Å². The Morgan fingerprint density at radius 2 is 2.08 bits per heavy atom. The van der Waals surface area contributed by atoms with Gasteiger partial charge in [-0.15, -0.1) is 0 Å². The molecular formula is C10H16N2O. The van der Waals surface area contributed by atoms with Crippen LogP contribution in [0.1, 0.15) is 11.1 Å². The molecule has 0 aliphatic rings. The summed E-state index contributed by atoms with van der Waals surface area (Å²) in [6, 6.07) is 6.18. The molecule has 0 unspecified atom stereocenters. The average Bonchev–Trinajstić information content (AvgIpc) is 2.08. The fourth-order valence-corrected chi connectivity index (χ4v) is 1.32. The standard InChI is InChI=1S/C10H16N2O/c1-8-4-5-9(7-13-11)6-10(8)12(2)3/h4-6H,7,11H2,1-3H3. The van der Waals surface area contributed by atoms with Crippen LogP contribution in [0.15, 0.2) is 18.2 Å². The number of aryl methyl sites for hydroxylation is 1. The lowest BCUT2D eigenvalue weighted by atomic mass is 10.1. The molecule has 1 aromatic rings. The largest absolute Gasteiger partial charge is 0.377 e. The Morgan fingerprint density at radius 3 is 2.62 bits per heavy atom. The quantitative estimate of drug-likeness (QED) is 0.715. The van der Waals surface area contributed by atoms with Gasteiger partial charge in [-0.3, -0.25) is 4.84 Å². The molecule has 3 nitrogen and oxygen atoms in total. The highest BCUT2D eigenvalue weighted by atomic mass is 16.6. The van der Waals surface area contributed by atoms with Crippen LogP contribution in [0.3, 0.4) is 0 Å². The Hall–Kier alpha value is -1.06. The van der Waals surface area contributed by atoms with Gasteiger partial charge in [-0.25, -0.2) is 5.90 Å². The topological polar surface area (TPSA) is 38.5 Å².